The minimum atomic E-state index is -4.34. The number of rotatable bonds is 4. The van der Waals surface area contributed by atoms with E-state index in [4.69, 9.17) is 4.74 Å². The molecule has 1 aliphatic rings. The van der Waals surface area contributed by atoms with Crippen molar-refractivity contribution in [1.29, 1.82) is 0 Å². The summed E-state index contributed by atoms with van der Waals surface area (Å²) < 4.78 is 44.0. The minimum absolute atomic E-state index is 0.370. The Morgan fingerprint density at radius 3 is 2.03 bits per heavy atom. The SMILES string of the molecule is FC(F)(F)c1ccc(C2CN=C(c3ccc(/C=C/c4ccccc4)cc3)O2)cc1. The van der Waals surface area contributed by atoms with Crippen LogP contribution < -0.4 is 0 Å². The lowest BCUT2D eigenvalue weighted by Crippen LogP contribution is -2.08. The van der Waals surface area contributed by atoms with Crippen LogP contribution in [-0.4, -0.2) is 12.4 Å². The van der Waals surface area contributed by atoms with E-state index in [1.807, 2.05) is 66.7 Å². The smallest absolute Gasteiger partial charge is 0.416 e. The number of nitrogens with zero attached hydrogens (tertiary/aromatic N) is 1. The van der Waals surface area contributed by atoms with Crippen molar-refractivity contribution >= 4 is 18.0 Å². The van der Waals surface area contributed by atoms with Gasteiger partial charge in [-0.3, -0.25) is 0 Å². The molecular formula is C24H18F3NO. The quantitative estimate of drug-likeness (QED) is 0.471. The van der Waals surface area contributed by atoms with Gasteiger partial charge in [-0.25, -0.2) is 4.99 Å². The van der Waals surface area contributed by atoms with Gasteiger partial charge in [-0.15, -0.1) is 0 Å². The third-order valence-corrected chi connectivity index (χ3v) is 4.69. The van der Waals surface area contributed by atoms with Crippen LogP contribution in [0.15, 0.2) is 83.9 Å². The lowest BCUT2D eigenvalue weighted by Gasteiger charge is -2.13. The highest BCUT2D eigenvalue weighted by Crippen LogP contribution is 2.31. The van der Waals surface area contributed by atoms with Gasteiger partial charge in [0.2, 0.25) is 5.90 Å². The summed E-state index contributed by atoms with van der Waals surface area (Å²) in [6.45, 7) is 0.385. The van der Waals surface area contributed by atoms with Crippen LogP contribution in [0.4, 0.5) is 13.2 Å². The molecule has 146 valence electrons. The first-order valence-electron chi connectivity index (χ1n) is 9.21. The number of aliphatic imine (C=N–C) groups is 1. The molecule has 0 aromatic heterocycles. The Kier molecular flexibility index (Phi) is 5.21. The van der Waals surface area contributed by atoms with Crippen molar-refractivity contribution in [2.75, 3.05) is 6.54 Å². The highest BCUT2D eigenvalue weighted by Gasteiger charge is 2.31. The van der Waals surface area contributed by atoms with Gasteiger partial charge in [0.05, 0.1) is 12.1 Å². The van der Waals surface area contributed by atoms with Crippen LogP contribution in [0.5, 0.6) is 0 Å². The molecule has 0 aliphatic carbocycles. The lowest BCUT2D eigenvalue weighted by molar-refractivity contribution is -0.137. The van der Waals surface area contributed by atoms with Gasteiger partial charge in [0.25, 0.3) is 0 Å². The van der Waals surface area contributed by atoms with Crippen molar-refractivity contribution in [3.8, 4) is 0 Å². The molecule has 3 aromatic rings. The fourth-order valence-electron chi connectivity index (χ4n) is 3.09. The predicted octanol–water partition coefficient (Wildman–Crippen LogP) is 6.39. The summed E-state index contributed by atoms with van der Waals surface area (Å²) in [6, 6.07) is 22.9. The molecule has 4 rings (SSSR count). The summed E-state index contributed by atoms with van der Waals surface area (Å²) in [6.07, 6.45) is -0.640. The van der Waals surface area contributed by atoms with Crippen molar-refractivity contribution in [3.05, 3.63) is 107 Å². The van der Waals surface area contributed by atoms with E-state index in [1.54, 1.807) is 0 Å². The molecule has 1 unspecified atom stereocenters. The fourth-order valence-corrected chi connectivity index (χ4v) is 3.09. The van der Waals surface area contributed by atoms with Gasteiger partial charge >= 0.3 is 6.18 Å². The Morgan fingerprint density at radius 1 is 0.793 bits per heavy atom. The second-order valence-corrected chi connectivity index (χ2v) is 6.74. The van der Waals surface area contributed by atoms with Crippen molar-refractivity contribution < 1.29 is 17.9 Å². The molecule has 0 amide bonds. The van der Waals surface area contributed by atoms with Gasteiger partial charge in [0, 0.05) is 5.56 Å². The molecule has 1 atom stereocenters. The van der Waals surface area contributed by atoms with Crippen LogP contribution >= 0.6 is 0 Å². The molecule has 0 saturated carbocycles. The third kappa shape index (κ3) is 4.57. The standard InChI is InChI=1S/C24H18F3NO/c25-24(26,27)21-14-12-19(13-15-21)22-16-28-23(29-22)20-10-8-18(9-11-20)7-6-17-4-2-1-3-5-17/h1-15,22H,16H2/b7-6+. The highest BCUT2D eigenvalue weighted by atomic mass is 19.4. The molecule has 2 nitrogen and oxygen atoms in total. The van der Waals surface area contributed by atoms with E-state index >= 15 is 0 Å². The van der Waals surface area contributed by atoms with Crippen LogP contribution in [0.1, 0.15) is 33.9 Å². The molecule has 29 heavy (non-hydrogen) atoms. The van der Waals surface area contributed by atoms with E-state index in [1.165, 1.54) is 12.1 Å². The number of halogens is 3. The van der Waals surface area contributed by atoms with Crippen LogP contribution in [0, 0.1) is 0 Å². The van der Waals surface area contributed by atoms with E-state index < -0.39 is 11.7 Å². The largest absolute Gasteiger partial charge is 0.467 e. The summed E-state index contributed by atoms with van der Waals surface area (Å²) in [5, 5.41) is 0. The monoisotopic (exact) mass is 393 g/mol. The van der Waals surface area contributed by atoms with E-state index in [9.17, 15) is 13.2 Å². The van der Waals surface area contributed by atoms with Crippen molar-refractivity contribution in [3.63, 3.8) is 0 Å². The van der Waals surface area contributed by atoms with Crippen molar-refractivity contribution in [1.82, 2.24) is 0 Å². The van der Waals surface area contributed by atoms with Crippen LogP contribution in [0.25, 0.3) is 12.2 Å². The number of ether oxygens (including phenoxy) is 1. The maximum Gasteiger partial charge on any atom is 0.416 e. The van der Waals surface area contributed by atoms with E-state index in [0.29, 0.717) is 18.0 Å². The van der Waals surface area contributed by atoms with Crippen LogP contribution in [0.2, 0.25) is 0 Å². The predicted molar refractivity (Wildman–Crippen MR) is 108 cm³/mol. The van der Waals surface area contributed by atoms with Crippen molar-refractivity contribution in [2.24, 2.45) is 4.99 Å². The van der Waals surface area contributed by atoms with E-state index in [2.05, 4.69) is 4.99 Å². The first-order valence-corrected chi connectivity index (χ1v) is 9.21. The molecule has 3 aromatic carbocycles. The zero-order valence-electron chi connectivity index (χ0n) is 15.4. The van der Waals surface area contributed by atoms with Crippen molar-refractivity contribution in [2.45, 2.75) is 12.3 Å². The molecule has 0 saturated heterocycles. The molecule has 0 spiro atoms. The highest BCUT2D eigenvalue weighted by molar-refractivity contribution is 5.95. The molecular weight excluding hydrogens is 375 g/mol. The first kappa shape index (κ1) is 19.0. The van der Waals surface area contributed by atoms with Gasteiger partial charge in [0.15, 0.2) is 0 Å². The zero-order chi connectivity index (χ0) is 20.3. The first-order chi connectivity index (χ1) is 14.0. The van der Waals surface area contributed by atoms with Gasteiger partial charge < -0.3 is 4.74 Å². The Morgan fingerprint density at radius 2 is 1.41 bits per heavy atom. The minimum Gasteiger partial charge on any atom is -0.467 e. The molecule has 5 heteroatoms. The Hall–Kier alpha value is -3.34. The molecule has 0 fully saturated rings. The topological polar surface area (TPSA) is 21.6 Å². The van der Waals surface area contributed by atoms with Gasteiger partial charge in [-0.05, 0) is 41.0 Å². The molecule has 0 N–H and O–H groups in total. The summed E-state index contributed by atoms with van der Waals surface area (Å²) in [5.74, 6) is 0.508. The maximum absolute atomic E-state index is 12.7. The van der Waals surface area contributed by atoms with E-state index in [-0.39, 0.29) is 6.10 Å². The zero-order valence-corrected chi connectivity index (χ0v) is 15.4. The second-order valence-electron chi connectivity index (χ2n) is 6.74. The average Bonchev–Trinajstić information content (AvgIpc) is 3.23. The van der Waals surface area contributed by atoms with Crippen LogP contribution in [0.3, 0.4) is 0 Å². The Balaban J connectivity index is 1.40. The summed E-state index contributed by atoms with van der Waals surface area (Å²) >= 11 is 0. The summed E-state index contributed by atoms with van der Waals surface area (Å²) in [5.41, 5.74) is 3.03. The Labute approximate surface area is 167 Å². The molecule has 1 aliphatic heterocycles. The van der Waals surface area contributed by atoms with E-state index in [0.717, 1.165) is 28.8 Å². The normalized spacial score (nSPS) is 16.7. The molecule has 0 bridgehead atoms. The molecule has 1 heterocycles. The van der Waals surface area contributed by atoms with Gasteiger partial charge in [-0.2, -0.15) is 13.2 Å². The summed E-state index contributed by atoms with van der Waals surface area (Å²) in [4.78, 5) is 4.41. The summed E-state index contributed by atoms with van der Waals surface area (Å²) in [7, 11) is 0. The van der Waals surface area contributed by atoms with Gasteiger partial charge in [0.1, 0.15) is 6.10 Å². The number of hydrogen-bond acceptors (Lipinski definition) is 2. The molecule has 0 radical (unpaired) electrons. The lowest BCUT2D eigenvalue weighted by atomic mass is 10.1. The number of hydrogen-bond donors (Lipinski definition) is 0. The van der Waals surface area contributed by atoms with Gasteiger partial charge in [-0.1, -0.05) is 66.7 Å². The second kappa shape index (κ2) is 7.95. The Bertz CT molecular complexity index is 1020. The number of alkyl halides is 3. The fraction of sp³-hybridized carbons (Fsp3) is 0.125. The maximum atomic E-state index is 12.7. The average molecular weight is 393 g/mol. The number of benzene rings is 3. The third-order valence-electron chi connectivity index (χ3n) is 4.69. The van der Waals surface area contributed by atoms with Crippen LogP contribution in [-0.2, 0) is 10.9 Å².